The van der Waals surface area contributed by atoms with Crippen molar-refractivity contribution in [3.63, 3.8) is 0 Å². The third kappa shape index (κ3) is 7.28. The second kappa shape index (κ2) is 11.7. The van der Waals surface area contributed by atoms with Crippen molar-refractivity contribution >= 4 is 5.97 Å². The summed E-state index contributed by atoms with van der Waals surface area (Å²) in [6.45, 7) is 1.16. The lowest BCUT2D eigenvalue weighted by molar-refractivity contribution is -0.140. The monoisotopic (exact) mass is 404 g/mol. The van der Waals surface area contributed by atoms with E-state index in [-0.39, 0.29) is 5.97 Å². The molecule has 0 aliphatic heterocycles. The largest absolute Gasteiger partial charge is 0.494 e. The van der Waals surface area contributed by atoms with Crippen molar-refractivity contribution in [2.75, 3.05) is 13.7 Å². The summed E-state index contributed by atoms with van der Waals surface area (Å²) < 4.78 is 16.5. The first-order chi connectivity index (χ1) is 14.7. The maximum Gasteiger partial charge on any atom is 0.305 e. The van der Waals surface area contributed by atoms with Gasteiger partial charge in [0, 0.05) is 6.42 Å². The SMILES string of the molecule is COC(=O)CCc1ccc(OCc2cccc(OCCCc3ccccc3)c2)cc1. The number of methoxy groups -OCH3 is 1. The highest BCUT2D eigenvalue weighted by Gasteiger charge is 2.03. The molecule has 0 amide bonds. The second-order valence-corrected chi connectivity index (χ2v) is 7.09. The van der Waals surface area contributed by atoms with Crippen LogP contribution >= 0.6 is 0 Å². The summed E-state index contributed by atoms with van der Waals surface area (Å²) in [5, 5.41) is 0. The Balaban J connectivity index is 1.42. The van der Waals surface area contributed by atoms with Crippen molar-refractivity contribution < 1.29 is 19.0 Å². The van der Waals surface area contributed by atoms with E-state index in [2.05, 4.69) is 29.0 Å². The lowest BCUT2D eigenvalue weighted by atomic mass is 10.1. The number of carbonyl (C=O) groups excluding carboxylic acids is 1. The van der Waals surface area contributed by atoms with Gasteiger partial charge in [-0.2, -0.15) is 0 Å². The number of hydrogen-bond acceptors (Lipinski definition) is 4. The Morgan fingerprint density at radius 3 is 2.23 bits per heavy atom. The van der Waals surface area contributed by atoms with Crippen LogP contribution in [0, 0.1) is 0 Å². The molecule has 0 aliphatic rings. The summed E-state index contributed by atoms with van der Waals surface area (Å²) in [6, 6.07) is 26.3. The Hall–Kier alpha value is -3.27. The molecule has 0 spiro atoms. The molecule has 4 heteroatoms. The van der Waals surface area contributed by atoms with E-state index in [1.807, 2.05) is 54.6 Å². The van der Waals surface area contributed by atoms with Gasteiger partial charge in [-0.05, 0) is 60.2 Å². The molecule has 0 saturated carbocycles. The zero-order valence-corrected chi connectivity index (χ0v) is 17.4. The van der Waals surface area contributed by atoms with Crippen molar-refractivity contribution in [3.8, 4) is 11.5 Å². The number of ether oxygens (including phenoxy) is 3. The molecule has 3 rings (SSSR count). The molecule has 0 saturated heterocycles. The Bertz CT molecular complexity index is 904. The summed E-state index contributed by atoms with van der Waals surface area (Å²) in [4.78, 5) is 11.2. The molecule has 30 heavy (non-hydrogen) atoms. The Kier molecular flexibility index (Phi) is 8.34. The topological polar surface area (TPSA) is 44.8 Å². The van der Waals surface area contributed by atoms with Gasteiger partial charge in [-0.1, -0.05) is 54.6 Å². The number of rotatable bonds is 11. The van der Waals surface area contributed by atoms with E-state index in [9.17, 15) is 4.79 Å². The molecule has 0 atom stereocenters. The maximum atomic E-state index is 11.2. The molecule has 0 unspecified atom stereocenters. The lowest BCUT2D eigenvalue weighted by Crippen LogP contribution is -2.02. The molecular formula is C26H28O4. The van der Waals surface area contributed by atoms with E-state index in [4.69, 9.17) is 9.47 Å². The van der Waals surface area contributed by atoms with Crippen LogP contribution in [0.3, 0.4) is 0 Å². The van der Waals surface area contributed by atoms with Crippen LogP contribution in [-0.2, 0) is 29.0 Å². The maximum absolute atomic E-state index is 11.2. The molecule has 0 heterocycles. The van der Waals surface area contributed by atoms with Gasteiger partial charge in [-0.15, -0.1) is 0 Å². The van der Waals surface area contributed by atoms with E-state index < -0.39 is 0 Å². The van der Waals surface area contributed by atoms with Crippen LogP contribution in [0.1, 0.15) is 29.5 Å². The predicted molar refractivity (Wildman–Crippen MR) is 118 cm³/mol. The van der Waals surface area contributed by atoms with Crippen LogP contribution in [0.25, 0.3) is 0 Å². The normalized spacial score (nSPS) is 10.4. The predicted octanol–water partition coefficient (Wildman–Crippen LogP) is 5.38. The minimum Gasteiger partial charge on any atom is -0.494 e. The highest BCUT2D eigenvalue weighted by atomic mass is 16.5. The summed E-state index contributed by atoms with van der Waals surface area (Å²) in [5.74, 6) is 1.46. The fourth-order valence-corrected chi connectivity index (χ4v) is 3.10. The number of carbonyl (C=O) groups is 1. The van der Waals surface area contributed by atoms with E-state index in [1.165, 1.54) is 12.7 Å². The van der Waals surface area contributed by atoms with Gasteiger partial charge in [0.2, 0.25) is 0 Å². The zero-order valence-electron chi connectivity index (χ0n) is 17.4. The average molecular weight is 405 g/mol. The van der Waals surface area contributed by atoms with E-state index in [0.29, 0.717) is 26.1 Å². The van der Waals surface area contributed by atoms with Crippen LogP contribution in [0.4, 0.5) is 0 Å². The van der Waals surface area contributed by atoms with Crippen LogP contribution in [0.2, 0.25) is 0 Å². The molecule has 0 bridgehead atoms. The molecule has 0 aromatic heterocycles. The Labute approximate surface area is 178 Å². The standard InChI is InChI=1S/C26H28O4/c1-28-26(27)17-14-22-12-15-24(16-13-22)30-20-23-9-5-11-25(19-23)29-18-6-10-21-7-3-2-4-8-21/h2-5,7-9,11-13,15-16,19H,6,10,14,17-18,20H2,1H3. The third-order valence-corrected chi connectivity index (χ3v) is 4.79. The van der Waals surface area contributed by atoms with Gasteiger partial charge in [0.25, 0.3) is 0 Å². The van der Waals surface area contributed by atoms with Gasteiger partial charge >= 0.3 is 5.97 Å². The highest BCUT2D eigenvalue weighted by Crippen LogP contribution is 2.18. The van der Waals surface area contributed by atoms with Gasteiger partial charge in [0.15, 0.2) is 0 Å². The molecule has 0 aliphatic carbocycles. The number of benzene rings is 3. The average Bonchev–Trinajstić information content (AvgIpc) is 2.80. The van der Waals surface area contributed by atoms with Gasteiger partial charge in [0.1, 0.15) is 18.1 Å². The van der Waals surface area contributed by atoms with E-state index >= 15 is 0 Å². The van der Waals surface area contributed by atoms with Crippen LogP contribution < -0.4 is 9.47 Å². The van der Waals surface area contributed by atoms with E-state index in [1.54, 1.807) is 0 Å². The molecule has 0 fully saturated rings. The number of esters is 1. The summed E-state index contributed by atoms with van der Waals surface area (Å²) in [6.07, 6.45) is 3.04. The van der Waals surface area contributed by atoms with E-state index in [0.717, 1.165) is 35.5 Å². The molecule has 3 aromatic carbocycles. The lowest BCUT2D eigenvalue weighted by Gasteiger charge is -2.10. The van der Waals surface area contributed by atoms with Crippen molar-refractivity contribution in [1.29, 1.82) is 0 Å². The van der Waals surface area contributed by atoms with Crippen LogP contribution in [-0.4, -0.2) is 19.7 Å². The van der Waals surface area contributed by atoms with Gasteiger partial charge in [-0.25, -0.2) is 0 Å². The summed E-state index contributed by atoms with van der Waals surface area (Å²) in [7, 11) is 1.41. The summed E-state index contributed by atoms with van der Waals surface area (Å²) >= 11 is 0. The second-order valence-electron chi connectivity index (χ2n) is 7.09. The van der Waals surface area contributed by atoms with Gasteiger partial charge in [-0.3, -0.25) is 4.79 Å². The molecule has 3 aromatic rings. The molecule has 0 radical (unpaired) electrons. The van der Waals surface area contributed by atoms with Gasteiger partial charge < -0.3 is 14.2 Å². The first-order valence-electron chi connectivity index (χ1n) is 10.3. The highest BCUT2D eigenvalue weighted by molar-refractivity contribution is 5.69. The molecule has 156 valence electrons. The first-order valence-corrected chi connectivity index (χ1v) is 10.3. The van der Waals surface area contributed by atoms with Crippen molar-refractivity contribution in [1.82, 2.24) is 0 Å². The Morgan fingerprint density at radius 2 is 1.47 bits per heavy atom. The third-order valence-electron chi connectivity index (χ3n) is 4.79. The van der Waals surface area contributed by atoms with Crippen molar-refractivity contribution in [2.24, 2.45) is 0 Å². The quantitative estimate of drug-likeness (QED) is 0.318. The van der Waals surface area contributed by atoms with Crippen molar-refractivity contribution in [3.05, 3.63) is 95.6 Å². The minimum atomic E-state index is -0.197. The van der Waals surface area contributed by atoms with Crippen LogP contribution in [0.5, 0.6) is 11.5 Å². The minimum absolute atomic E-state index is 0.197. The summed E-state index contributed by atoms with van der Waals surface area (Å²) in [5.41, 5.74) is 3.48. The van der Waals surface area contributed by atoms with Gasteiger partial charge in [0.05, 0.1) is 13.7 Å². The fraction of sp³-hybridized carbons (Fsp3) is 0.269. The molecule has 4 nitrogen and oxygen atoms in total. The first kappa shape index (κ1) is 21.4. The molecule has 0 N–H and O–H groups in total. The number of aryl methyl sites for hydroxylation is 2. The smallest absolute Gasteiger partial charge is 0.305 e. The number of hydrogen-bond donors (Lipinski definition) is 0. The van der Waals surface area contributed by atoms with Crippen LogP contribution in [0.15, 0.2) is 78.9 Å². The molecular weight excluding hydrogens is 376 g/mol. The fourth-order valence-electron chi connectivity index (χ4n) is 3.10. The Morgan fingerprint density at radius 1 is 0.733 bits per heavy atom. The van der Waals surface area contributed by atoms with Crippen molar-refractivity contribution in [2.45, 2.75) is 32.3 Å². The zero-order chi connectivity index (χ0) is 21.0.